The highest BCUT2D eigenvalue weighted by Crippen LogP contribution is 2.34. The van der Waals surface area contributed by atoms with Crippen molar-refractivity contribution < 1.29 is 28.8 Å². The van der Waals surface area contributed by atoms with Gasteiger partial charge in [-0.05, 0) is 38.3 Å². The molecule has 0 spiro atoms. The Balaban J connectivity index is 1.83. The van der Waals surface area contributed by atoms with E-state index >= 15 is 0 Å². The number of benzene rings is 2. The van der Waals surface area contributed by atoms with Crippen LogP contribution in [0.2, 0.25) is 0 Å². The number of aliphatic hydroxyl groups is 1. The Labute approximate surface area is 221 Å². The average Bonchev–Trinajstić information content (AvgIpc) is 3.22. The Morgan fingerprint density at radius 2 is 1.49 bits per heavy atom. The Morgan fingerprint density at radius 1 is 0.946 bits per heavy atom. The third kappa shape index (κ3) is 9.11. The number of amides is 1. The summed E-state index contributed by atoms with van der Waals surface area (Å²) < 4.78 is 24.8. The average molecular weight is 514 g/mol. The molecule has 0 aliphatic heterocycles. The first-order chi connectivity index (χ1) is 17.7. The lowest BCUT2D eigenvalue weighted by molar-refractivity contribution is -0.106. The van der Waals surface area contributed by atoms with Gasteiger partial charge < -0.3 is 29.0 Å². The Morgan fingerprint density at radius 3 is 2.00 bits per heavy atom. The lowest BCUT2D eigenvalue weighted by atomic mass is 10.1. The van der Waals surface area contributed by atoms with Crippen molar-refractivity contribution in [3.05, 3.63) is 71.8 Å². The smallest absolute Gasteiger partial charge is 0.410 e. The van der Waals surface area contributed by atoms with Crippen molar-refractivity contribution in [3.8, 4) is 0 Å². The van der Waals surface area contributed by atoms with Gasteiger partial charge in [-0.25, -0.2) is 4.79 Å². The molecule has 204 valence electrons. The number of hydrogen-bond acceptors (Lipinski definition) is 6. The number of rotatable bonds is 12. The van der Waals surface area contributed by atoms with Crippen LogP contribution in [-0.4, -0.2) is 65.8 Å². The molecular formula is C30H43NO6. The summed E-state index contributed by atoms with van der Waals surface area (Å²) in [6.07, 6.45) is -0.152. The van der Waals surface area contributed by atoms with E-state index < -0.39 is 29.9 Å². The van der Waals surface area contributed by atoms with Crippen LogP contribution in [0.15, 0.2) is 60.7 Å². The zero-order chi connectivity index (χ0) is 26.8. The number of aliphatic hydroxyl groups excluding tert-OH is 1. The molecule has 3 rings (SSSR count). The van der Waals surface area contributed by atoms with Crippen LogP contribution in [0.4, 0.5) is 4.79 Å². The highest BCUT2D eigenvalue weighted by atomic mass is 16.6. The van der Waals surface area contributed by atoms with Gasteiger partial charge in [-0.1, -0.05) is 74.0 Å². The first kappa shape index (κ1) is 29.1. The summed E-state index contributed by atoms with van der Waals surface area (Å²) >= 11 is 0. The number of carbonyl (C=O) groups is 1. The second-order valence-electron chi connectivity index (χ2n) is 10.7. The molecule has 1 fully saturated rings. The maximum absolute atomic E-state index is 13.1. The zero-order valence-corrected chi connectivity index (χ0v) is 22.8. The second-order valence-corrected chi connectivity index (χ2v) is 10.7. The zero-order valence-electron chi connectivity index (χ0n) is 22.8. The van der Waals surface area contributed by atoms with E-state index in [-0.39, 0.29) is 18.8 Å². The van der Waals surface area contributed by atoms with Gasteiger partial charge in [-0.2, -0.15) is 0 Å². The molecule has 1 aliphatic rings. The Hall–Kier alpha value is -2.45. The summed E-state index contributed by atoms with van der Waals surface area (Å²) in [4.78, 5) is 14.7. The molecule has 0 radical (unpaired) electrons. The van der Waals surface area contributed by atoms with Crippen molar-refractivity contribution in [2.45, 2.75) is 96.2 Å². The molecule has 7 heteroatoms. The summed E-state index contributed by atoms with van der Waals surface area (Å²) in [5, 5.41) is 10.4. The number of carbonyl (C=O) groups excluding carboxylic acids is 1. The largest absolute Gasteiger partial charge is 0.444 e. The maximum atomic E-state index is 13.1. The summed E-state index contributed by atoms with van der Waals surface area (Å²) in [6, 6.07) is 19.5. The van der Waals surface area contributed by atoms with E-state index in [2.05, 4.69) is 0 Å². The molecule has 2 aromatic rings. The van der Waals surface area contributed by atoms with E-state index in [0.717, 1.165) is 17.5 Å². The Kier molecular flexibility index (Phi) is 10.9. The number of ether oxygens (including phenoxy) is 4. The van der Waals surface area contributed by atoms with Crippen molar-refractivity contribution >= 4 is 6.09 Å². The van der Waals surface area contributed by atoms with Crippen molar-refractivity contribution in [2.24, 2.45) is 0 Å². The number of nitrogens with zero attached hydrogens (tertiary/aromatic N) is 1. The second kappa shape index (κ2) is 13.9. The molecule has 1 saturated carbocycles. The lowest BCUT2D eigenvalue weighted by Crippen LogP contribution is -2.52. The van der Waals surface area contributed by atoms with Gasteiger partial charge in [0, 0.05) is 13.5 Å². The third-order valence-electron chi connectivity index (χ3n) is 6.39. The molecule has 1 aliphatic carbocycles. The summed E-state index contributed by atoms with van der Waals surface area (Å²) in [5.41, 5.74) is 1.46. The standard InChI is InChI=1S/C30H43NO6/c1-6-13-24(32)21-36-28-26(35-20-23-16-11-8-12-17-23)18-25(34-19-22-14-9-7-10-15-22)27(28)31(5)29(33)37-30(2,3)4/h7-12,14-17,24-28,32H,6,13,18-21H2,1-5H3. The molecular weight excluding hydrogens is 470 g/mol. The third-order valence-corrected chi connectivity index (χ3v) is 6.39. The van der Waals surface area contributed by atoms with Crippen molar-refractivity contribution in [2.75, 3.05) is 13.7 Å². The normalized spacial score (nSPS) is 22.5. The van der Waals surface area contributed by atoms with Crippen LogP contribution < -0.4 is 0 Å². The molecule has 0 heterocycles. The first-order valence-corrected chi connectivity index (χ1v) is 13.2. The van der Waals surface area contributed by atoms with Gasteiger partial charge >= 0.3 is 6.09 Å². The lowest BCUT2D eigenvalue weighted by Gasteiger charge is -2.35. The monoisotopic (exact) mass is 513 g/mol. The maximum Gasteiger partial charge on any atom is 0.410 e. The molecule has 1 N–H and O–H groups in total. The highest BCUT2D eigenvalue weighted by Gasteiger charge is 2.49. The van der Waals surface area contributed by atoms with Crippen LogP contribution in [0.5, 0.6) is 0 Å². The van der Waals surface area contributed by atoms with Crippen LogP contribution in [0.3, 0.4) is 0 Å². The summed E-state index contributed by atoms with van der Waals surface area (Å²) in [7, 11) is 1.72. The molecule has 0 saturated heterocycles. The minimum atomic E-state index is -0.638. The topological polar surface area (TPSA) is 77.5 Å². The van der Waals surface area contributed by atoms with Gasteiger partial charge in [0.05, 0.1) is 44.2 Å². The van der Waals surface area contributed by atoms with Crippen LogP contribution in [0, 0.1) is 0 Å². The molecule has 37 heavy (non-hydrogen) atoms. The van der Waals surface area contributed by atoms with Crippen molar-refractivity contribution in [3.63, 3.8) is 0 Å². The fraction of sp³-hybridized carbons (Fsp3) is 0.567. The van der Waals surface area contributed by atoms with Gasteiger partial charge in [-0.15, -0.1) is 0 Å². The van der Waals surface area contributed by atoms with Crippen molar-refractivity contribution in [1.29, 1.82) is 0 Å². The quantitative estimate of drug-likeness (QED) is 0.413. The number of hydrogen-bond donors (Lipinski definition) is 1. The van der Waals surface area contributed by atoms with Gasteiger partial charge in [0.15, 0.2) is 0 Å². The van der Waals surface area contributed by atoms with E-state index in [9.17, 15) is 9.90 Å². The van der Waals surface area contributed by atoms with Crippen molar-refractivity contribution in [1.82, 2.24) is 4.90 Å². The minimum Gasteiger partial charge on any atom is -0.444 e. The van der Waals surface area contributed by atoms with E-state index in [1.165, 1.54) is 0 Å². The molecule has 0 bridgehead atoms. The fourth-order valence-corrected chi connectivity index (χ4v) is 4.59. The molecule has 7 nitrogen and oxygen atoms in total. The van der Waals surface area contributed by atoms with E-state index in [1.54, 1.807) is 11.9 Å². The first-order valence-electron chi connectivity index (χ1n) is 13.2. The molecule has 5 atom stereocenters. The van der Waals surface area contributed by atoms with Crippen LogP contribution in [0.25, 0.3) is 0 Å². The minimum absolute atomic E-state index is 0.160. The Bertz CT molecular complexity index is 932. The van der Waals surface area contributed by atoms with E-state index in [4.69, 9.17) is 18.9 Å². The molecule has 2 aromatic carbocycles. The highest BCUT2D eigenvalue weighted by molar-refractivity contribution is 5.68. The van der Waals surface area contributed by atoms with Gasteiger partial charge in [0.25, 0.3) is 0 Å². The van der Waals surface area contributed by atoms with Gasteiger partial charge in [0.1, 0.15) is 11.7 Å². The van der Waals surface area contributed by atoms with Gasteiger partial charge in [0.2, 0.25) is 0 Å². The SMILES string of the molecule is CCCC(O)COC1C(OCc2ccccc2)CC(OCc2ccccc2)C1N(C)C(=O)OC(C)(C)C. The van der Waals surface area contributed by atoms with E-state index in [1.807, 2.05) is 88.4 Å². The summed E-state index contributed by atoms with van der Waals surface area (Å²) in [5.74, 6) is 0. The van der Waals surface area contributed by atoms with E-state index in [0.29, 0.717) is 26.1 Å². The van der Waals surface area contributed by atoms with Crippen LogP contribution >= 0.6 is 0 Å². The fourth-order valence-electron chi connectivity index (χ4n) is 4.59. The molecule has 0 aromatic heterocycles. The molecule has 1 amide bonds. The van der Waals surface area contributed by atoms with Crippen LogP contribution in [-0.2, 0) is 32.2 Å². The summed E-state index contributed by atoms with van der Waals surface area (Å²) in [6.45, 7) is 8.54. The van der Waals surface area contributed by atoms with Crippen LogP contribution in [0.1, 0.15) is 58.1 Å². The van der Waals surface area contributed by atoms with Gasteiger partial charge in [-0.3, -0.25) is 0 Å². The predicted octanol–water partition coefficient (Wildman–Crippen LogP) is 5.34. The molecule has 5 unspecified atom stereocenters. The number of likely N-dealkylation sites (N-methyl/N-ethyl adjacent to an activating group) is 1. The predicted molar refractivity (Wildman–Crippen MR) is 143 cm³/mol.